The van der Waals surface area contributed by atoms with E-state index in [0.717, 1.165) is 18.5 Å². The summed E-state index contributed by atoms with van der Waals surface area (Å²) >= 11 is 0. The van der Waals surface area contributed by atoms with E-state index in [4.69, 9.17) is 4.74 Å². The first-order chi connectivity index (χ1) is 10.6. The number of carbonyl (C=O) groups is 1. The average Bonchev–Trinajstić information content (AvgIpc) is 3.00. The molecule has 4 heteroatoms. The molecule has 1 N–H and O–H groups in total. The number of ether oxygens (including phenoxy) is 1. The van der Waals surface area contributed by atoms with Gasteiger partial charge in [-0.25, -0.2) is 0 Å². The van der Waals surface area contributed by atoms with E-state index in [-0.39, 0.29) is 12.0 Å². The summed E-state index contributed by atoms with van der Waals surface area (Å²) in [6, 6.07) is 7.97. The number of amides is 1. The van der Waals surface area contributed by atoms with Gasteiger partial charge in [0, 0.05) is 25.3 Å². The lowest BCUT2D eigenvalue weighted by Crippen LogP contribution is -2.25. The van der Waals surface area contributed by atoms with Gasteiger partial charge in [-0.05, 0) is 63.9 Å². The van der Waals surface area contributed by atoms with Gasteiger partial charge in [-0.15, -0.1) is 0 Å². The summed E-state index contributed by atoms with van der Waals surface area (Å²) in [4.78, 5) is 14.5. The molecule has 0 aromatic heterocycles. The molecule has 0 aliphatic carbocycles. The first-order valence-electron chi connectivity index (χ1n) is 8.36. The number of hydrogen-bond donors (Lipinski definition) is 1. The van der Waals surface area contributed by atoms with Gasteiger partial charge < -0.3 is 10.1 Å². The van der Waals surface area contributed by atoms with Crippen molar-refractivity contribution in [3.05, 3.63) is 35.4 Å². The normalized spacial score (nSPS) is 15.4. The Labute approximate surface area is 133 Å². The maximum atomic E-state index is 12.0. The van der Waals surface area contributed by atoms with Crippen molar-refractivity contribution in [3.63, 3.8) is 0 Å². The third-order valence-electron chi connectivity index (χ3n) is 3.88. The van der Waals surface area contributed by atoms with E-state index < -0.39 is 0 Å². The van der Waals surface area contributed by atoms with Crippen molar-refractivity contribution in [1.82, 2.24) is 10.2 Å². The van der Waals surface area contributed by atoms with E-state index in [0.29, 0.717) is 13.2 Å². The van der Waals surface area contributed by atoms with Crippen LogP contribution in [0.4, 0.5) is 0 Å². The summed E-state index contributed by atoms with van der Waals surface area (Å²) in [6.45, 7) is 8.76. The maximum absolute atomic E-state index is 12.0. The van der Waals surface area contributed by atoms with Gasteiger partial charge >= 0.3 is 0 Å². The van der Waals surface area contributed by atoms with Gasteiger partial charge in [0.2, 0.25) is 0 Å². The van der Waals surface area contributed by atoms with Crippen molar-refractivity contribution in [3.8, 4) is 0 Å². The van der Waals surface area contributed by atoms with Crippen molar-refractivity contribution >= 4 is 5.91 Å². The van der Waals surface area contributed by atoms with Crippen LogP contribution in [0.2, 0.25) is 0 Å². The summed E-state index contributed by atoms with van der Waals surface area (Å²) in [5, 5.41) is 2.94. The second kappa shape index (κ2) is 8.91. The third-order valence-corrected chi connectivity index (χ3v) is 3.88. The van der Waals surface area contributed by atoms with Crippen molar-refractivity contribution < 1.29 is 9.53 Å². The van der Waals surface area contributed by atoms with Crippen LogP contribution in [0.5, 0.6) is 0 Å². The molecule has 1 aliphatic heterocycles. The van der Waals surface area contributed by atoms with Crippen molar-refractivity contribution in [2.24, 2.45) is 0 Å². The van der Waals surface area contributed by atoms with E-state index in [2.05, 4.69) is 22.3 Å². The molecule has 1 amide bonds. The highest BCUT2D eigenvalue weighted by molar-refractivity contribution is 5.94. The Balaban J connectivity index is 1.71. The number of hydrogen-bond acceptors (Lipinski definition) is 3. The molecule has 122 valence electrons. The van der Waals surface area contributed by atoms with Gasteiger partial charge in [0.05, 0.1) is 6.10 Å². The molecule has 1 aromatic carbocycles. The van der Waals surface area contributed by atoms with Crippen molar-refractivity contribution in [2.45, 2.75) is 45.8 Å². The van der Waals surface area contributed by atoms with Crippen LogP contribution in [0, 0.1) is 0 Å². The van der Waals surface area contributed by atoms with Crippen LogP contribution < -0.4 is 5.32 Å². The molecule has 1 aromatic rings. The van der Waals surface area contributed by atoms with Gasteiger partial charge in [-0.1, -0.05) is 12.1 Å². The molecular formula is C18H28N2O2. The molecule has 1 fully saturated rings. The van der Waals surface area contributed by atoms with Gasteiger partial charge in [0.15, 0.2) is 0 Å². The van der Waals surface area contributed by atoms with Crippen LogP contribution in [0.3, 0.4) is 0 Å². The fourth-order valence-electron chi connectivity index (χ4n) is 2.66. The van der Waals surface area contributed by atoms with E-state index in [1.165, 1.54) is 31.5 Å². The first-order valence-corrected chi connectivity index (χ1v) is 8.36. The van der Waals surface area contributed by atoms with Crippen LogP contribution in [0.25, 0.3) is 0 Å². The number of likely N-dealkylation sites (tertiary alicyclic amines) is 1. The van der Waals surface area contributed by atoms with E-state index in [1.54, 1.807) is 0 Å². The smallest absolute Gasteiger partial charge is 0.251 e. The summed E-state index contributed by atoms with van der Waals surface area (Å²) < 4.78 is 5.45. The van der Waals surface area contributed by atoms with Crippen molar-refractivity contribution in [1.29, 1.82) is 0 Å². The average molecular weight is 304 g/mol. The number of carbonyl (C=O) groups excluding carboxylic acids is 1. The predicted octanol–water partition coefficient (Wildman–Crippen LogP) is 2.83. The van der Waals surface area contributed by atoms with Crippen molar-refractivity contribution in [2.75, 3.05) is 26.2 Å². The zero-order valence-electron chi connectivity index (χ0n) is 13.8. The summed E-state index contributed by atoms with van der Waals surface area (Å²) in [6.07, 6.45) is 3.71. The maximum Gasteiger partial charge on any atom is 0.251 e. The SMILES string of the molecule is CC(C)OCCCNC(=O)c1ccc(CN2CCCC2)cc1. The van der Waals surface area contributed by atoms with Gasteiger partial charge in [-0.3, -0.25) is 9.69 Å². The lowest BCUT2D eigenvalue weighted by molar-refractivity contribution is 0.0757. The Hall–Kier alpha value is -1.39. The molecule has 1 saturated heterocycles. The van der Waals surface area contributed by atoms with Gasteiger partial charge in [0.25, 0.3) is 5.91 Å². The number of nitrogens with one attached hydrogen (secondary N) is 1. The molecule has 2 rings (SSSR count). The molecule has 1 aliphatic rings. The fourth-order valence-corrected chi connectivity index (χ4v) is 2.66. The molecule has 0 unspecified atom stereocenters. The molecule has 0 spiro atoms. The minimum Gasteiger partial charge on any atom is -0.379 e. The van der Waals surface area contributed by atoms with E-state index in [1.807, 2.05) is 26.0 Å². The Bertz CT molecular complexity index is 451. The number of nitrogens with zero attached hydrogens (tertiary/aromatic N) is 1. The summed E-state index contributed by atoms with van der Waals surface area (Å²) in [5.74, 6) is -0.00253. The van der Waals surface area contributed by atoms with Gasteiger partial charge in [0.1, 0.15) is 0 Å². The minimum absolute atomic E-state index is 0.00253. The highest BCUT2D eigenvalue weighted by Crippen LogP contribution is 2.13. The topological polar surface area (TPSA) is 41.6 Å². The molecule has 4 nitrogen and oxygen atoms in total. The molecule has 0 bridgehead atoms. The summed E-state index contributed by atoms with van der Waals surface area (Å²) in [5.41, 5.74) is 2.01. The van der Waals surface area contributed by atoms with Gasteiger partial charge in [-0.2, -0.15) is 0 Å². The van der Waals surface area contributed by atoms with E-state index >= 15 is 0 Å². The van der Waals surface area contributed by atoms with Crippen LogP contribution >= 0.6 is 0 Å². The highest BCUT2D eigenvalue weighted by Gasteiger charge is 2.12. The highest BCUT2D eigenvalue weighted by atomic mass is 16.5. The molecule has 22 heavy (non-hydrogen) atoms. The standard InChI is InChI=1S/C18H28N2O2/c1-15(2)22-13-5-10-19-18(21)17-8-6-16(7-9-17)14-20-11-3-4-12-20/h6-9,15H,3-5,10-14H2,1-2H3,(H,19,21). The second-order valence-electron chi connectivity index (χ2n) is 6.21. The minimum atomic E-state index is -0.00253. The lowest BCUT2D eigenvalue weighted by atomic mass is 10.1. The molecule has 0 atom stereocenters. The fraction of sp³-hybridized carbons (Fsp3) is 0.611. The van der Waals surface area contributed by atoms with Crippen LogP contribution in [-0.4, -0.2) is 43.2 Å². The second-order valence-corrected chi connectivity index (χ2v) is 6.21. The predicted molar refractivity (Wildman–Crippen MR) is 89.0 cm³/mol. The zero-order valence-corrected chi connectivity index (χ0v) is 13.8. The zero-order chi connectivity index (χ0) is 15.8. The largest absolute Gasteiger partial charge is 0.379 e. The third kappa shape index (κ3) is 5.78. The lowest BCUT2D eigenvalue weighted by Gasteiger charge is -2.14. The van der Waals surface area contributed by atoms with E-state index in [9.17, 15) is 4.79 Å². The molecule has 1 heterocycles. The Morgan fingerprint density at radius 1 is 1.23 bits per heavy atom. The number of rotatable bonds is 8. The first kappa shape index (κ1) is 17.0. The Morgan fingerprint density at radius 2 is 1.91 bits per heavy atom. The van der Waals surface area contributed by atoms with Crippen LogP contribution in [0.1, 0.15) is 49.0 Å². The summed E-state index contributed by atoms with van der Waals surface area (Å²) in [7, 11) is 0. The molecule has 0 radical (unpaired) electrons. The molecular weight excluding hydrogens is 276 g/mol. The monoisotopic (exact) mass is 304 g/mol. The van der Waals surface area contributed by atoms with Crippen LogP contribution in [0.15, 0.2) is 24.3 Å². The molecule has 0 saturated carbocycles. The number of benzene rings is 1. The Kier molecular flexibility index (Phi) is 6.87. The Morgan fingerprint density at radius 3 is 2.55 bits per heavy atom. The quantitative estimate of drug-likeness (QED) is 0.751. The van der Waals surface area contributed by atoms with Crippen LogP contribution in [-0.2, 0) is 11.3 Å².